The van der Waals surface area contributed by atoms with Gasteiger partial charge < -0.3 is 19.4 Å². The summed E-state index contributed by atoms with van der Waals surface area (Å²) in [6.45, 7) is 4.99. The van der Waals surface area contributed by atoms with E-state index in [1.807, 2.05) is 18.2 Å². The van der Waals surface area contributed by atoms with Crippen LogP contribution in [0.5, 0.6) is 11.5 Å². The third kappa shape index (κ3) is 2.70. The number of benzene rings is 2. The summed E-state index contributed by atoms with van der Waals surface area (Å²) in [5.41, 5.74) is 3.09. The minimum atomic E-state index is 0.591. The molecular weight excluding hydrogens is 290 g/mol. The predicted octanol–water partition coefficient (Wildman–Crippen LogP) is 3.36. The maximum Gasteiger partial charge on any atom is 0.163 e. The van der Waals surface area contributed by atoms with Gasteiger partial charge in [0.1, 0.15) is 19.0 Å². The van der Waals surface area contributed by atoms with E-state index in [2.05, 4.69) is 41.1 Å². The Morgan fingerprint density at radius 3 is 2.57 bits per heavy atom. The number of ether oxygens (including phenoxy) is 2. The van der Waals surface area contributed by atoms with Crippen molar-refractivity contribution in [2.45, 2.75) is 13.5 Å². The molecular formula is C18H19N3O2. The van der Waals surface area contributed by atoms with Crippen LogP contribution in [0.2, 0.25) is 0 Å². The van der Waals surface area contributed by atoms with E-state index in [4.69, 9.17) is 14.5 Å². The number of hydrogen-bond donors (Lipinski definition) is 1. The van der Waals surface area contributed by atoms with E-state index in [1.54, 1.807) is 0 Å². The highest BCUT2D eigenvalue weighted by molar-refractivity contribution is 5.80. The van der Waals surface area contributed by atoms with Crippen LogP contribution in [0.15, 0.2) is 42.5 Å². The SMILES string of the molecule is CCN(Cc1nc2cc3c(cc2[nH]1)OCCO3)c1ccccc1. The van der Waals surface area contributed by atoms with Crippen LogP contribution in [0.3, 0.4) is 0 Å². The molecule has 1 aliphatic heterocycles. The quantitative estimate of drug-likeness (QED) is 0.803. The average molecular weight is 309 g/mol. The van der Waals surface area contributed by atoms with Crippen molar-refractivity contribution in [1.29, 1.82) is 0 Å². The maximum atomic E-state index is 5.63. The highest BCUT2D eigenvalue weighted by Crippen LogP contribution is 2.33. The molecule has 5 heteroatoms. The monoisotopic (exact) mass is 309 g/mol. The zero-order valence-electron chi connectivity index (χ0n) is 13.1. The molecule has 0 fully saturated rings. The normalized spacial score (nSPS) is 13.3. The van der Waals surface area contributed by atoms with Gasteiger partial charge >= 0.3 is 0 Å². The minimum absolute atomic E-state index is 0.591. The van der Waals surface area contributed by atoms with Gasteiger partial charge in [-0.05, 0) is 19.1 Å². The number of rotatable bonds is 4. The Morgan fingerprint density at radius 1 is 1.09 bits per heavy atom. The highest BCUT2D eigenvalue weighted by Gasteiger charge is 2.15. The van der Waals surface area contributed by atoms with Crippen molar-refractivity contribution in [3.8, 4) is 11.5 Å². The Labute approximate surface area is 134 Å². The number of anilines is 1. The second-order valence-electron chi connectivity index (χ2n) is 5.55. The molecule has 1 aromatic heterocycles. The van der Waals surface area contributed by atoms with Crippen LogP contribution in [0, 0.1) is 0 Å². The van der Waals surface area contributed by atoms with Crippen molar-refractivity contribution in [2.75, 3.05) is 24.7 Å². The summed E-state index contributed by atoms with van der Waals surface area (Å²) in [6, 6.07) is 14.3. The summed E-state index contributed by atoms with van der Waals surface area (Å²) < 4.78 is 11.3. The topological polar surface area (TPSA) is 50.4 Å². The third-order valence-corrected chi connectivity index (χ3v) is 4.04. The van der Waals surface area contributed by atoms with Crippen molar-refractivity contribution in [3.05, 3.63) is 48.3 Å². The number of H-pyrrole nitrogens is 1. The number of nitrogens with one attached hydrogen (secondary N) is 1. The standard InChI is InChI=1S/C18H19N3O2/c1-2-21(13-6-4-3-5-7-13)12-18-19-14-10-16-17(11-15(14)20-18)23-9-8-22-16/h3-7,10-11H,2,8-9,12H2,1H3,(H,19,20). The van der Waals surface area contributed by atoms with Gasteiger partial charge in [0.2, 0.25) is 0 Å². The van der Waals surface area contributed by atoms with Gasteiger partial charge in [0.15, 0.2) is 11.5 Å². The first-order chi connectivity index (χ1) is 11.3. The van der Waals surface area contributed by atoms with Crippen molar-refractivity contribution in [3.63, 3.8) is 0 Å². The summed E-state index contributed by atoms with van der Waals surface area (Å²) in [5, 5.41) is 0. The highest BCUT2D eigenvalue weighted by atomic mass is 16.6. The Kier molecular flexibility index (Phi) is 3.54. The Morgan fingerprint density at radius 2 is 1.83 bits per heavy atom. The van der Waals surface area contributed by atoms with E-state index in [1.165, 1.54) is 5.69 Å². The van der Waals surface area contributed by atoms with Crippen LogP contribution >= 0.6 is 0 Å². The molecule has 0 radical (unpaired) electrons. The fourth-order valence-electron chi connectivity index (χ4n) is 2.88. The van der Waals surface area contributed by atoms with Gasteiger partial charge in [0.05, 0.1) is 17.6 Å². The number of nitrogens with zero attached hydrogens (tertiary/aromatic N) is 2. The van der Waals surface area contributed by atoms with Gasteiger partial charge in [-0.1, -0.05) is 18.2 Å². The number of hydrogen-bond acceptors (Lipinski definition) is 4. The van der Waals surface area contributed by atoms with Crippen LogP contribution in [-0.2, 0) is 6.54 Å². The number of fused-ring (bicyclic) bond motifs is 2. The average Bonchev–Trinajstić information content (AvgIpc) is 2.99. The van der Waals surface area contributed by atoms with E-state index in [-0.39, 0.29) is 0 Å². The molecule has 0 aliphatic carbocycles. The molecule has 0 spiro atoms. The van der Waals surface area contributed by atoms with E-state index >= 15 is 0 Å². The zero-order chi connectivity index (χ0) is 15.6. The second-order valence-corrected chi connectivity index (χ2v) is 5.55. The molecule has 118 valence electrons. The van der Waals surface area contributed by atoms with E-state index in [0.29, 0.717) is 13.2 Å². The molecule has 3 aromatic rings. The first-order valence-electron chi connectivity index (χ1n) is 7.91. The van der Waals surface area contributed by atoms with E-state index in [0.717, 1.165) is 41.4 Å². The Bertz CT molecular complexity index is 771. The van der Waals surface area contributed by atoms with Gasteiger partial charge in [-0.2, -0.15) is 0 Å². The van der Waals surface area contributed by atoms with Crippen molar-refractivity contribution >= 4 is 16.7 Å². The number of aromatic nitrogens is 2. The largest absolute Gasteiger partial charge is 0.486 e. The van der Waals surface area contributed by atoms with Gasteiger partial charge in [0.25, 0.3) is 0 Å². The molecule has 4 rings (SSSR count). The van der Waals surface area contributed by atoms with Gasteiger partial charge in [-0.3, -0.25) is 0 Å². The molecule has 2 heterocycles. The number of aromatic amines is 1. The van der Waals surface area contributed by atoms with Gasteiger partial charge in [-0.15, -0.1) is 0 Å². The lowest BCUT2D eigenvalue weighted by atomic mass is 10.2. The van der Waals surface area contributed by atoms with Crippen LogP contribution in [0.4, 0.5) is 5.69 Å². The lowest BCUT2D eigenvalue weighted by Gasteiger charge is -2.21. The lowest BCUT2D eigenvalue weighted by molar-refractivity contribution is 0.172. The van der Waals surface area contributed by atoms with Crippen molar-refractivity contribution in [1.82, 2.24) is 9.97 Å². The first kappa shape index (κ1) is 13.9. The van der Waals surface area contributed by atoms with Crippen LogP contribution in [0.25, 0.3) is 11.0 Å². The minimum Gasteiger partial charge on any atom is -0.486 e. The van der Waals surface area contributed by atoms with Crippen LogP contribution < -0.4 is 14.4 Å². The molecule has 2 aromatic carbocycles. The maximum absolute atomic E-state index is 5.63. The Balaban J connectivity index is 1.64. The van der Waals surface area contributed by atoms with Gasteiger partial charge in [0, 0.05) is 24.4 Å². The molecule has 0 saturated heterocycles. The lowest BCUT2D eigenvalue weighted by Crippen LogP contribution is -2.22. The fourth-order valence-corrected chi connectivity index (χ4v) is 2.88. The molecule has 5 nitrogen and oxygen atoms in total. The van der Waals surface area contributed by atoms with Gasteiger partial charge in [-0.25, -0.2) is 4.98 Å². The fraction of sp³-hybridized carbons (Fsp3) is 0.278. The van der Waals surface area contributed by atoms with Crippen molar-refractivity contribution in [2.24, 2.45) is 0 Å². The summed E-state index contributed by atoms with van der Waals surface area (Å²) in [7, 11) is 0. The first-order valence-corrected chi connectivity index (χ1v) is 7.91. The molecule has 1 aliphatic rings. The molecule has 1 N–H and O–H groups in total. The summed E-state index contributed by atoms with van der Waals surface area (Å²) in [6.07, 6.45) is 0. The number of para-hydroxylation sites is 1. The zero-order valence-corrected chi connectivity index (χ0v) is 13.1. The molecule has 0 unspecified atom stereocenters. The summed E-state index contributed by atoms with van der Waals surface area (Å²) >= 11 is 0. The molecule has 0 saturated carbocycles. The Hall–Kier alpha value is -2.69. The molecule has 0 bridgehead atoms. The molecule has 0 amide bonds. The summed E-state index contributed by atoms with van der Waals surface area (Å²) in [5.74, 6) is 2.50. The van der Waals surface area contributed by atoms with E-state index < -0.39 is 0 Å². The van der Waals surface area contributed by atoms with Crippen molar-refractivity contribution < 1.29 is 9.47 Å². The predicted molar refractivity (Wildman–Crippen MR) is 90.2 cm³/mol. The smallest absolute Gasteiger partial charge is 0.163 e. The molecule has 23 heavy (non-hydrogen) atoms. The third-order valence-electron chi connectivity index (χ3n) is 4.04. The summed E-state index contributed by atoms with van der Waals surface area (Å²) in [4.78, 5) is 10.4. The van der Waals surface area contributed by atoms with Crippen LogP contribution in [0.1, 0.15) is 12.7 Å². The molecule has 0 atom stereocenters. The van der Waals surface area contributed by atoms with Crippen LogP contribution in [-0.4, -0.2) is 29.7 Å². The number of imidazole rings is 1. The van der Waals surface area contributed by atoms with E-state index in [9.17, 15) is 0 Å². The second kappa shape index (κ2) is 5.83.